The topological polar surface area (TPSA) is 44.4 Å². The van der Waals surface area contributed by atoms with Gasteiger partial charge in [0.1, 0.15) is 0 Å². The van der Waals surface area contributed by atoms with Crippen LogP contribution in [0, 0.1) is 0 Å². The van der Waals surface area contributed by atoms with Crippen molar-refractivity contribution < 1.29 is 4.79 Å². The van der Waals surface area contributed by atoms with E-state index in [2.05, 4.69) is 29.7 Å². The maximum Gasteiger partial charge on any atom is 0.227 e. The monoisotopic (exact) mass is 353 g/mol. The first-order valence-corrected chi connectivity index (χ1v) is 9.11. The Balaban J connectivity index is 1.60. The van der Waals surface area contributed by atoms with E-state index in [4.69, 9.17) is 12.2 Å². The van der Waals surface area contributed by atoms with Crippen molar-refractivity contribution >= 4 is 34.6 Å². The lowest BCUT2D eigenvalue weighted by Gasteiger charge is -2.20. The third-order valence-corrected chi connectivity index (χ3v) is 4.65. The van der Waals surface area contributed by atoms with Gasteiger partial charge in [-0.05, 0) is 54.9 Å². The molecule has 130 valence electrons. The van der Waals surface area contributed by atoms with Crippen LogP contribution in [0.4, 0.5) is 11.4 Å². The SMILES string of the molecule is CCC(NC(=S)Nc1ccc(N2CCCC2=O)cc1)c1ccccc1. The summed E-state index contributed by atoms with van der Waals surface area (Å²) >= 11 is 5.45. The molecule has 1 amide bonds. The minimum Gasteiger partial charge on any atom is -0.356 e. The van der Waals surface area contributed by atoms with Gasteiger partial charge in [-0.15, -0.1) is 0 Å². The van der Waals surface area contributed by atoms with Crippen molar-refractivity contribution in [1.82, 2.24) is 5.32 Å². The molecule has 3 rings (SSSR count). The highest BCUT2D eigenvalue weighted by molar-refractivity contribution is 7.80. The van der Waals surface area contributed by atoms with Gasteiger partial charge in [0.2, 0.25) is 5.91 Å². The number of nitrogens with one attached hydrogen (secondary N) is 2. The molecule has 2 aromatic carbocycles. The third kappa shape index (κ3) is 4.37. The smallest absolute Gasteiger partial charge is 0.227 e. The average Bonchev–Trinajstić information content (AvgIpc) is 3.07. The van der Waals surface area contributed by atoms with Gasteiger partial charge in [0, 0.05) is 24.3 Å². The number of anilines is 2. The summed E-state index contributed by atoms with van der Waals surface area (Å²) in [7, 11) is 0. The van der Waals surface area contributed by atoms with Crippen LogP contribution in [0.3, 0.4) is 0 Å². The van der Waals surface area contributed by atoms with Crippen molar-refractivity contribution in [2.75, 3.05) is 16.8 Å². The fourth-order valence-corrected chi connectivity index (χ4v) is 3.34. The molecule has 1 aliphatic heterocycles. The van der Waals surface area contributed by atoms with E-state index in [-0.39, 0.29) is 11.9 Å². The number of thiocarbonyl (C=S) groups is 1. The van der Waals surface area contributed by atoms with Crippen LogP contribution in [0.1, 0.15) is 37.8 Å². The van der Waals surface area contributed by atoms with Gasteiger partial charge in [-0.25, -0.2) is 0 Å². The Morgan fingerprint density at radius 3 is 2.48 bits per heavy atom. The van der Waals surface area contributed by atoms with E-state index in [0.29, 0.717) is 11.5 Å². The van der Waals surface area contributed by atoms with E-state index < -0.39 is 0 Å². The van der Waals surface area contributed by atoms with Gasteiger partial charge >= 0.3 is 0 Å². The molecule has 2 N–H and O–H groups in total. The van der Waals surface area contributed by atoms with E-state index in [9.17, 15) is 4.79 Å². The van der Waals surface area contributed by atoms with Gasteiger partial charge in [-0.1, -0.05) is 37.3 Å². The van der Waals surface area contributed by atoms with Crippen molar-refractivity contribution in [3.05, 3.63) is 60.2 Å². The molecular formula is C20H23N3OS. The molecule has 25 heavy (non-hydrogen) atoms. The Kier molecular flexibility index (Phi) is 5.66. The quantitative estimate of drug-likeness (QED) is 0.789. The van der Waals surface area contributed by atoms with Crippen LogP contribution < -0.4 is 15.5 Å². The fraction of sp³-hybridized carbons (Fsp3) is 0.300. The van der Waals surface area contributed by atoms with Crippen LogP contribution >= 0.6 is 12.2 Å². The Labute approximate surface area is 154 Å². The van der Waals surface area contributed by atoms with Gasteiger partial charge in [0.25, 0.3) is 0 Å². The molecule has 1 saturated heterocycles. The summed E-state index contributed by atoms with van der Waals surface area (Å²) in [4.78, 5) is 13.6. The predicted molar refractivity (Wildman–Crippen MR) is 107 cm³/mol. The Bertz CT molecular complexity index is 730. The summed E-state index contributed by atoms with van der Waals surface area (Å²) in [5.41, 5.74) is 3.08. The zero-order chi connectivity index (χ0) is 17.6. The molecule has 0 radical (unpaired) electrons. The summed E-state index contributed by atoms with van der Waals surface area (Å²) in [6.45, 7) is 2.94. The first-order chi connectivity index (χ1) is 12.2. The van der Waals surface area contributed by atoms with Gasteiger partial charge in [0.05, 0.1) is 6.04 Å². The normalized spacial score (nSPS) is 15.1. The maximum atomic E-state index is 11.8. The summed E-state index contributed by atoms with van der Waals surface area (Å²) in [6, 6.07) is 18.3. The van der Waals surface area contributed by atoms with Crippen LogP contribution in [0.15, 0.2) is 54.6 Å². The molecule has 0 bridgehead atoms. The number of benzene rings is 2. The summed E-state index contributed by atoms with van der Waals surface area (Å²) in [6.07, 6.45) is 2.53. The molecule has 2 aromatic rings. The number of hydrogen-bond donors (Lipinski definition) is 2. The van der Waals surface area contributed by atoms with Crippen LogP contribution in [-0.2, 0) is 4.79 Å². The predicted octanol–water partition coefficient (Wildman–Crippen LogP) is 4.25. The van der Waals surface area contributed by atoms with Gasteiger partial charge in [0.15, 0.2) is 5.11 Å². The van der Waals surface area contributed by atoms with E-state index in [1.165, 1.54) is 5.56 Å². The van der Waals surface area contributed by atoms with E-state index in [1.54, 1.807) is 0 Å². The second kappa shape index (κ2) is 8.12. The van der Waals surface area contributed by atoms with Gasteiger partial charge in [-0.3, -0.25) is 4.79 Å². The minimum atomic E-state index is 0.183. The van der Waals surface area contributed by atoms with Crippen molar-refractivity contribution in [2.24, 2.45) is 0 Å². The van der Waals surface area contributed by atoms with Crippen molar-refractivity contribution in [1.29, 1.82) is 0 Å². The van der Waals surface area contributed by atoms with E-state index in [1.807, 2.05) is 47.4 Å². The highest BCUT2D eigenvalue weighted by Gasteiger charge is 2.21. The van der Waals surface area contributed by atoms with E-state index in [0.717, 1.165) is 30.8 Å². The number of carbonyl (C=O) groups excluding carboxylic acids is 1. The molecule has 1 aliphatic rings. The van der Waals surface area contributed by atoms with Crippen molar-refractivity contribution in [3.8, 4) is 0 Å². The first kappa shape index (κ1) is 17.4. The molecule has 1 unspecified atom stereocenters. The van der Waals surface area contributed by atoms with Crippen molar-refractivity contribution in [3.63, 3.8) is 0 Å². The second-order valence-electron chi connectivity index (χ2n) is 6.17. The molecule has 1 heterocycles. The second-order valence-corrected chi connectivity index (χ2v) is 6.57. The van der Waals surface area contributed by atoms with Gasteiger partial charge in [-0.2, -0.15) is 0 Å². The number of rotatable bonds is 5. The van der Waals surface area contributed by atoms with Gasteiger partial charge < -0.3 is 15.5 Å². The lowest BCUT2D eigenvalue weighted by molar-refractivity contribution is -0.117. The summed E-state index contributed by atoms with van der Waals surface area (Å²) in [5, 5.41) is 7.18. The molecule has 0 saturated carbocycles. The lowest BCUT2D eigenvalue weighted by Crippen LogP contribution is -2.32. The summed E-state index contributed by atoms with van der Waals surface area (Å²) < 4.78 is 0. The number of nitrogens with zero attached hydrogens (tertiary/aromatic N) is 1. The van der Waals surface area contributed by atoms with Crippen LogP contribution in [-0.4, -0.2) is 17.6 Å². The number of carbonyl (C=O) groups is 1. The van der Waals surface area contributed by atoms with E-state index >= 15 is 0 Å². The number of amides is 1. The molecular weight excluding hydrogens is 330 g/mol. The molecule has 1 fully saturated rings. The molecule has 0 aromatic heterocycles. The third-order valence-electron chi connectivity index (χ3n) is 4.43. The molecule has 4 nitrogen and oxygen atoms in total. The highest BCUT2D eigenvalue weighted by atomic mass is 32.1. The summed E-state index contributed by atoms with van der Waals surface area (Å²) in [5.74, 6) is 0.201. The number of hydrogen-bond acceptors (Lipinski definition) is 2. The van der Waals surface area contributed by atoms with Crippen LogP contribution in [0.25, 0.3) is 0 Å². The molecule has 0 spiro atoms. The van der Waals surface area contributed by atoms with Crippen LogP contribution in [0.2, 0.25) is 0 Å². The largest absolute Gasteiger partial charge is 0.356 e. The average molecular weight is 353 g/mol. The zero-order valence-corrected chi connectivity index (χ0v) is 15.2. The zero-order valence-electron chi connectivity index (χ0n) is 14.4. The highest BCUT2D eigenvalue weighted by Crippen LogP contribution is 2.23. The Morgan fingerprint density at radius 1 is 1.16 bits per heavy atom. The Morgan fingerprint density at radius 2 is 1.88 bits per heavy atom. The fourth-order valence-electron chi connectivity index (χ4n) is 3.08. The molecule has 1 atom stereocenters. The Hall–Kier alpha value is -2.40. The standard InChI is InChI=1S/C20H23N3OS/c1-2-18(15-7-4-3-5-8-15)22-20(25)21-16-10-12-17(13-11-16)23-14-6-9-19(23)24/h3-5,7-8,10-13,18H,2,6,9,14H2,1H3,(H2,21,22,25). The molecule has 5 heteroatoms. The first-order valence-electron chi connectivity index (χ1n) is 8.70. The maximum absolute atomic E-state index is 11.8. The van der Waals surface area contributed by atoms with Crippen molar-refractivity contribution in [2.45, 2.75) is 32.2 Å². The lowest BCUT2D eigenvalue weighted by atomic mass is 10.1. The minimum absolute atomic E-state index is 0.183. The van der Waals surface area contributed by atoms with Crippen LogP contribution in [0.5, 0.6) is 0 Å². The molecule has 0 aliphatic carbocycles.